The van der Waals surface area contributed by atoms with E-state index < -0.39 is 0 Å². The molecule has 0 aliphatic carbocycles. The minimum atomic E-state index is 0.617. The van der Waals surface area contributed by atoms with Crippen LogP contribution < -0.4 is 0 Å². The summed E-state index contributed by atoms with van der Waals surface area (Å²) in [7, 11) is 0. The van der Waals surface area contributed by atoms with Gasteiger partial charge in [0.1, 0.15) is 5.76 Å². The first kappa shape index (κ1) is 18.4. The van der Waals surface area contributed by atoms with E-state index in [4.69, 9.17) is 8.94 Å². The predicted molar refractivity (Wildman–Crippen MR) is 115 cm³/mol. The molecule has 0 unspecified atom stereocenters. The van der Waals surface area contributed by atoms with E-state index in [-0.39, 0.29) is 0 Å². The van der Waals surface area contributed by atoms with Crippen molar-refractivity contribution in [2.75, 3.05) is 0 Å². The van der Waals surface area contributed by atoms with Crippen LogP contribution in [0.15, 0.2) is 93.2 Å². The molecule has 0 saturated carbocycles. The molecule has 30 heavy (non-hydrogen) atoms. The number of aromatic nitrogens is 4. The van der Waals surface area contributed by atoms with E-state index >= 15 is 0 Å². The van der Waals surface area contributed by atoms with Gasteiger partial charge in [0.15, 0.2) is 16.7 Å². The van der Waals surface area contributed by atoms with Crippen LogP contribution in [-0.2, 0) is 5.75 Å². The number of rotatable bonds is 6. The van der Waals surface area contributed by atoms with Gasteiger partial charge >= 0.3 is 0 Å². The van der Waals surface area contributed by atoms with Crippen LogP contribution in [0, 0.1) is 6.92 Å². The highest BCUT2D eigenvalue weighted by Crippen LogP contribution is 2.32. The van der Waals surface area contributed by atoms with Crippen molar-refractivity contribution < 1.29 is 8.94 Å². The molecule has 148 valence electrons. The maximum Gasteiger partial charge on any atom is 0.196 e. The topological polar surface area (TPSA) is 69.9 Å². The lowest BCUT2D eigenvalue weighted by Crippen LogP contribution is -1.99. The molecule has 0 saturated heterocycles. The van der Waals surface area contributed by atoms with Crippen LogP contribution in [-0.4, -0.2) is 19.9 Å². The average molecular weight is 414 g/mol. The van der Waals surface area contributed by atoms with E-state index in [9.17, 15) is 0 Å². The number of benzene rings is 2. The van der Waals surface area contributed by atoms with Gasteiger partial charge in [-0.3, -0.25) is 4.57 Å². The van der Waals surface area contributed by atoms with Crippen molar-refractivity contribution in [1.82, 2.24) is 19.9 Å². The van der Waals surface area contributed by atoms with E-state index in [0.717, 1.165) is 45.0 Å². The maximum absolute atomic E-state index is 5.52. The third-order valence-corrected chi connectivity index (χ3v) is 5.68. The molecule has 0 aliphatic rings. The third-order valence-electron chi connectivity index (χ3n) is 4.71. The smallest absolute Gasteiger partial charge is 0.196 e. The van der Waals surface area contributed by atoms with Gasteiger partial charge in [-0.1, -0.05) is 65.4 Å². The summed E-state index contributed by atoms with van der Waals surface area (Å²) in [6.45, 7) is 1.92. The van der Waals surface area contributed by atoms with Crippen molar-refractivity contribution in [2.45, 2.75) is 17.8 Å². The summed E-state index contributed by atoms with van der Waals surface area (Å²) in [6.07, 6.45) is 1.67. The van der Waals surface area contributed by atoms with Crippen molar-refractivity contribution in [1.29, 1.82) is 0 Å². The van der Waals surface area contributed by atoms with Gasteiger partial charge in [0.05, 0.1) is 17.5 Å². The molecule has 3 heterocycles. The summed E-state index contributed by atoms with van der Waals surface area (Å²) in [6, 6.07) is 23.9. The summed E-state index contributed by atoms with van der Waals surface area (Å²) in [4.78, 5) is 0. The minimum absolute atomic E-state index is 0.617. The lowest BCUT2D eigenvalue weighted by Gasteiger charge is -2.09. The number of para-hydroxylation sites is 1. The summed E-state index contributed by atoms with van der Waals surface area (Å²) >= 11 is 1.56. The molecule has 5 rings (SSSR count). The van der Waals surface area contributed by atoms with Gasteiger partial charge in [-0.15, -0.1) is 10.2 Å². The van der Waals surface area contributed by atoms with Gasteiger partial charge in [-0.25, -0.2) is 0 Å². The minimum Gasteiger partial charge on any atom is -0.469 e. The summed E-state index contributed by atoms with van der Waals surface area (Å²) in [5, 5.41) is 13.9. The highest BCUT2D eigenvalue weighted by Gasteiger charge is 2.19. The van der Waals surface area contributed by atoms with Crippen molar-refractivity contribution in [3.63, 3.8) is 0 Å². The van der Waals surface area contributed by atoms with Crippen LogP contribution in [0.1, 0.15) is 11.5 Å². The first-order valence-electron chi connectivity index (χ1n) is 9.49. The zero-order valence-electron chi connectivity index (χ0n) is 16.2. The SMILES string of the molecule is Cc1occc1-c1nnc(SCc2cc(-c3ccccc3)on2)n1-c1ccccc1. The Kier molecular flexibility index (Phi) is 4.94. The van der Waals surface area contributed by atoms with Crippen LogP contribution in [0.25, 0.3) is 28.4 Å². The first-order chi connectivity index (χ1) is 14.8. The molecular formula is C23H18N4O2S. The Hall–Kier alpha value is -3.58. The van der Waals surface area contributed by atoms with Gasteiger partial charge in [0.2, 0.25) is 0 Å². The highest BCUT2D eigenvalue weighted by atomic mass is 32.2. The molecule has 2 aromatic carbocycles. The molecule has 0 bridgehead atoms. The number of aryl methyl sites for hydroxylation is 1. The molecule has 0 atom stereocenters. The molecular weight excluding hydrogens is 396 g/mol. The Morgan fingerprint density at radius 1 is 0.933 bits per heavy atom. The summed E-state index contributed by atoms with van der Waals surface area (Å²) in [5.41, 5.74) is 3.77. The molecule has 0 fully saturated rings. The summed E-state index contributed by atoms with van der Waals surface area (Å²) in [5.74, 6) is 2.93. The molecule has 6 nitrogen and oxygen atoms in total. The number of hydrogen-bond donors (Lipinski definition) is 0. The molecule has 0 N–H and O–H groups in total. The molecule has 7 heteroatoms. The van der Waals surface area contributed by atoms with Crippen LogP contribution in [0.5, 0.6) is 0 Å². The quantitative estimate of drug-likeness (QED) is 0.328. The Morgan fingerprint density at radius 3 is 2.43 bits per heavy atom. The zero-order valence-corrected chi connectivity index (χ0v) is 17.0. The summed E-state index contributed by atoms with van der Waals surface area (Å²) < 4.78 is 13.0. The number of furan rings is 1. The standard InChI is InChI=1S/C23H18N4O2S/c1-16-20(12-13-28-16)22-24-25-23(27(22)19-10-6-3-7-11-19)30-15-18-14-21(29-26-18)17-8-4-2-5-9-17/h2-14H,15H2,1H3. The van der Waals surface area contributed by atoms with Crippen LogP contribution in [0.2, 0.25) is 0 Å². The fourth-order valence-electron chi connectivity index (χ4n) is 3.22. The van der Waals surface area contributed by atoms with E-state index in [2.05, 4.69) is 15.4 Å². The van der Waals surface area contributed by atoms with Gasteiger partial charge in [-0.2, -0.15) is 0 Å². The van der Waals surface area contributed by atoms with E-state index in [1.54, 1.807) is 18.0 Å². The lowest BCUT2D eigenvalue weighted by molar-refractivity contribution is 0.426. The Balaban J connectivity index is 1.45. The van der Waals surface area contributed by atoms with E-state index in [1.807, 2.05) is 84.3 Å². The Labute approximate surface area is 177 Å². The lowest BCUT2D eigenvalue weighted by atomic mass is 10.2. The second-order valence-electron chi connectivity index (χ2n) is 6.70. The first-order valence-corrected chi connectivity index (χ1v) is 10.5. The van der Waals surface area contributed by atoms with E-state index in [0.29, 0.717) is 5.75 Å². The predicted octanol–water partition coefficient (Wildman–Crippen LogP) is 5.78. The largest absolute Gasteiger partial charge is 0.469 e. The fourth-order valence-corrected chi connectivity index (χ4v) is 4.05. The molecule has 0 radical (unpaired) electrons. The molecule has 0 aliphatic heterocycles. The van der Waals surface area contributed by atoms with Crippen molar-refractivity contribution in [3.8, 4) is 28.4 Å². The fraction of sp³-hybridized carbons (Fsp3) is 0.0870. The van der Waals surface area contributed by atoms with E-state index in [1.165, 1.54) is 0 Å². The van der Waals surface area contributed by atoms with Crippen molar-refractivity contribution >= 4 is 11.8 Å². The van der Waals surface area contributed by atoms with Crippen LogP contribution in [0.4, 0.5) is 0 Å². The maximum atomic E-state index is 5.52. The second-order valence-corrected chi connectivity index (χ2v) is 7.65. The van der Waals surface area contributed by atoms with Gasteiger partial charge in [-0.05, 0) is 25.1 Å². The monoisotopic (exact) mass is 414 g/mol. The Morgan fingerprint density at radius 2 is 1.70 bits per heavy atom. The third kappa shape index (κ3) is 3.55. The normalized spacial score (nSPS) is 11.1. The van der Waals surface area contributed by atoms with Gasteiger partial charge in [0.25, 0.3) is 0 Å². The van der Waals surface area contributed by atoms with Gasteiger partial charge < -0.3 is 8.94 Å². The highest BCUT2D eigenvalue weighted by molar-refractivity contribution is 7.98. The van der Waals surface area contributed by atoms with Gasteiger partial charge in [0, 0.05) is 23.1 Å². The number of thioether (sulfide) groups is 1. The zero-order chi connectivity index (χ0) is 20.3. The van der Waals surface area contributed by atoms with Crippen LogP contribution in [0.3, 0.4) is 0 Å². The molecule has 0 amide bonds. The van der Waals surface area contributed by atoms with Crippen molar-refractivity contribution in [3.05, 3.63) is 90.5 Å². The average Bonchev–Trinajstić information content (AvgIpc) is 3.53. The number of hydrogen-bond acceptors (Lipinski definition) is 6. The Bertz CT molecular complexity index is 1260. The van der Waals surface area contributed by atoms with Crippen molar-refractivity contribution in [2.24, 2.45) is 0 Å². The number of nitrogens with zero attached hydrogens (tertiary/aromatic N) is 4. The second kappa shape index (κ2) is 8.04. The van der Waals surface area contributed by atoms with Crippen LogP contribution >= 0.6 is 11.8 Å². The molecule has 0 spiro atoms. The molecule has 3 aromatic heterocycles. The molecule has 5 aromatic rings.